The first-order valence-corrected chi connectivity index (χ1v) is 23.7. The van der Waals surface area contributed by atoms with Gasteiger partial charge in [0.15, 0.2) is 6.17 Å². The summed E-state index contributed by atoms with van der Waals surface area (Å²) in [6.07, 6.45) is -0.573. The molecule has 2 aliphatic carbocycles. The lowest BCUT2D eigenvalue weighted by molar-refractivity contribution is 0.660. The Balaban J connectivity index is 0.969. The Kier molecular flexibility index (Phi) is 8.08. The molecule has 3 heterocycles. The molecular formula is C63H46N4O. The summed E-state index contributed by atoms with van der Waals surface area (Å²) in [5.41, 5.74) is 20.5. The Morgan fingerprint density at radius 2 is 0.971 bits per heavy atom. The van der Waals surface area contributed by atoms with E-state index in [4.69, 9.17) is 14.4 Å². The third-order valence-electron chi connectivity index (χ3n) is 15.3. The number of hydrogen-bond donors (Lipinski definition) is 1. The molecule has 3 aliphatic rings. The fourth-order valence-corrected chi connectivity index (χ4v) is 12.0. The normalized spacial score (nSPS) is 15.5. The van der Waals surface area contributed by atoms with Gasteiger partial charge < -0.3 is 14.3 Å². The van der Waals surface area contributed by atoms with E-state index in [-0.39, 0.29) is 10.8 Å². The van der Waals surface area contributed by atoms with Crippen molar-refractivity contribution in [2.24, 2.45) is 9.98 Å². The zero-order valence-corrected chi connectivity index (χ0v) is 38.3. The molecule has 324 valence electrons. The highest BCUT2D eigenvalue weighted by molar-refractivity contribution is 6.21. The van der Waals surface area contributed by atoms with Crippen LogP contribution in [0.15, 0.2) is 209 Å². The Morgan fingerprint density at radius 3 is 1.65 bits per heavy atom. The summed E-state index contributed by atoms with van der Waals surface area (Å²) in [5, 5.41) is 8.40. The highest BCUT2D eigenvalue weighted by Gasteiger charge is 2.40. The first kappa shape index (κ1) is 38.9. The number of amidine groups is 2. The molecule has 0 amide bonds. The molecule has 0 atom stereocenters. The summed E-state index contributed by atoms with van der Waals surface area (Å²) in [6.45, 7) is 9.33. The SMILES string of the molecule is CC1(C)c2ccccc2-c2c(C3=NC(c4cccc5oc6ccc(-c7ccc8c(c7)c7ccccc7n8-c7ccccc7)cc6c45)N=C(c4cccc5c4-c4ccccc4C5(C)C)N3)cccc21. The number of aliphatic imine (C=N–C) groups is 2. The second kappa shape index (κ2) is 14.1. The molecular weight excluding hydrogens is 829 g/mol. The molecule has 0 saturated heterocycles. The van der Waals surface area contributed by atoms with Gasteiger partial charge in [0.25, 0.3) is 0 Å². The summed E-state index contributed by atoms with van der Waals surface area (Å²) in [6, 6.07) is 70.2. The van der Waals surface area contributed by atoms with Crippen LogP contribution in [0.3, 0.4) is 0 Å². The van der Waals surface area contributed by atoms with Gasteiger partial charge in [0.2, 0.25) is 0 Å². The predicted octanol–water partition coefficient (Wildman–Crippen LogP) is 15.5. The number of fused-ring (bicyclic) bond motifs is 12. The van der Waals surface area contributed by atoms with Crippen LogP contribution in [0.25, 0.3) is 82.8 Å². The molecule has 1 aliphatic heterocycles. The van der Waals surface area contributed by atoms with Gasteiger partial charge in [-0.05, 0) is 104 Å². The number of nitrogens with one attached hydrogen (secondary N) is 1. The second-order valence-electron chi connectivity index (χ2n) is 19.7. The van der Waals surface area contributed by atoms with Crippen LogP contribution >= 0.6 is 0 Å². The molecule has 68 heavy (non-hydrogen) atoms. The van der Waals surface area contributed by atoms with Crippen LogP contribution < -0.4 is 5.32 Å². The van der Waals surface area contributed by atoms with E-state index in [1.54, 1.807) is 0 Å². The second-order valence-corrected chi connectivity index (χ2v) is 19.7. The van der Waals surface area contributed by atoms with Crippen LogP contribution in [0, 0.1) is 0 Å². The predicted molar refractivity (Wildman–Crippen MR) is 280 cm³/mol. The van der Waals surface area contributed by atoms with Gasteiger partial charge in [-0.25, -0.2) is 9.98 Å². The highest BCUT2D eigenvalue weighted by Crippen LogP contribution is 2.52. The van der Waals surface area contributed by atoms with E-state index in [0.717, 1.165) is 67.1 Å². The molecule has 0 fully saturated rings. The van der Waals surface area contributed by atoms with Gasteiger partial charge in [-0.2, -0.15) is 0 Å². The van der Waals surface area contributed by atoms with Crippen LogP contribution in [0.4, 0.5) is 0 Å². The van der Waals surface area contributed by atoms with E-state index in [1.807, 2.05) is 0 Å². The molecule has 5 heteroatoms. The Hall–Kier alpha value is -8.28. The number of aromatic nitrogens is 1. The van der Waals surface area contributed by atoms with Crippen LogP contribution in [0.1, 0.15) is 72.8 Å². The standard InChI is InChI=1S/C63H46N4O/c1-62(2)48-25-11-8-20-41(48)56-43(22-14-27-50(56)62)59-64-60(44-23-15-28-51-57(44)42-21-9-12-26-49(42)63(51,3)4)66-61(65-59)45-24-16-30-55-58(45)47-36-38(32-34-54(47)68-55)37-31-33-53-46(35-37)40-19-10-13-29-52(40)67(53)39-17-6-5-7-18-39/h5-36,61H,1-4H3,(H,64,65,66). The Morgan fingerprint density at radius 1 is 0.441 bits per heavy atom. The molecule has 5 nitrogen and oxygen atoms in total. The highest BCUT2D eigenvalue weighted by atomic mass is 16.3. The van der Waals surface area contributed by atoms with E-state index in [9.17, 15) is 0 Å². The summed E-state index contributed by atoms with van der Waals surface area (Å²) in [5.74, 6) is 1.61. The van der Waals surface area contributed by atoms with E-state index >= 15 is 0 Å². The minimum absolute atomic E-state index is 0.161. The van der Waals surface area contributed by atoms with Crippen molar-refractivity contribution < 1.29 is 4.42 Å². The van der Waals surface area contributed by atoms with E-state index < -0.39 is 6.17 Å². The maximum Gasteiger partial charge on any atom is 0.170 e. The van der Waals surface area contributed by atoms with Crippen molar-refractivity contribution in [2.45, 2.75) is 44.7 Å². The lowest BCUT2D eigenvalue weighted by atomic mass is 9.82. The zero-order valence-electron chi connectivity index (χ0n) is 38.3. The molecule has 14 rings (SSSR count). The lowest BCUT2D eigenvalue weighted by Crippen LogP contribution is -2.37. The van der Waals surface area contributed by atoms with Crippen LogP contribution in [-0.2, 0) is 10.8 Å². The van der Waals surface area contributed by atoms with Gasteiger partial charge in [0.05, 0.1) is 11.0 Å². The first-order valence-electron chi connectivity index (χ1n) is 23.7. The largest absolute Gasteiger partial charge is 0.456 e. The quantitative estimate of drug-likeness (QED) is 0.187. The molecule has 0 spiro atoms. The summed E-state index contributed by atoms with van der Waals surface area (Å²) in [7, 11) is 0. The monoisotopic (exact) mass is 874 g/mol. The molecule has 0 unspecified atom stereocenters. The zero-order chi connectivity index (χ0) is 45.5. The van der Waals surface area contributed by atoms with Crippen molar-refractivity contribution >= 4 is 55.4 Å². The van der Waals surface area contributed by atoms with Crippen molar-refractivity contribution in [1.82, 2.24) is 9.88 Å². The number of nitrogens with zero attached hydrogens (tertiary/aromatic N) is 3. The Labute approximate surface area is 394 Å². The smallest absolute Gasteiger partial charge is 0.170 e. The van der Waals surface area contributed by atoms with Crippen molar-refractivity contribution in [2.75, 3.05) is 0 Å². The third kappa shape index (κ3) is 5.44. The van der Waals surface area contributed by atoms with Crippen molar-refractivity contribution in [3.8, 4) is 39.1 Å². The maximum atomic E-state index is 6.71. The fraction of sp³-hybridized carbons (Fsp3) is 0.111. The van der Waals surface area contributed by atoms with Gasteiger partial charge in [0.1, 0.15) is 22.8 Å². The van der Waals surface area contributed by atoms with Crippen LogP contribution in [-0.4, -0.2) is 16.2 Å². The van der Waals surface area contributed by atoms with Gasteiger partial charge in [-0.1, -0.05) is 173 Å². The van der Waals surface area contributed by atoms with Gasteiger partial charge >= 0.3 is 0 Å². The number of hydrogen-bond acceptors (Lipinski definition) is 4. The molecule has 9 aromatic carbocycles. The molecule has 0 bridgehead atoms. The lowest BCUT2D eigenvalue weighted by Gasteiger charge is -2.26. The number of rotatable bonds is 5. The molecule has 1 N–H and O–H groups in total. The van der Waals surface area contributed by atoms with E-state index in [1.165, 1.54) is 66.3 Å². The average Bonchev–Trinajstić information content (AvgIpc) is 4.07. The number of para-hydroxylation sites is 2. The minimum atomic E-state index is -0.573. The minimum Gasteiger partial charge on any atom is -0.456 e. The van der Waals surface area contributed by atoms with Crippen molar-refractivity contribution in [3.05, 3.63) is 233 Å². The molecule has 0 saturated carbocycles. The van der Waals surface area contributed by atoms with Crippen molar-refractivity contribution in [1.29, 1.82) is 0 Å². The number of furan rings is 1. The molecule has 0 radical (unpaired) electrons. The summed E-state index contributed by atoms with van der Waals surface area (Å²) < 4.78 is 9.07. The van der Waals surface area contributed by atoms with Crippen molar-refractivity contribution in [3.63, 3.8) is 0 Å². The fourth-order valence-electron chi connectivity index (χ4n) is 12.0. The third-order valence-corrected chi connectivity index (χ3v) is 15.3. The average molecular weight is 875 g/mol. The summed E-state index contributed by atoms with van der Waals surface area (Å²) >= 11 is 0. The van der Waals surface area contributed by atoms with E-state index in [0.29, 0.717) is 0 Å². The van der Waals surface area contributed by atoms with Gasteiger partial charge in [0, 0.05) is 54.8 Å². The van der Waals surface area contributed by atoms with Gasteiger partial charge in [-0.3, -0.25) is 0 Å². The topological polar surface area (TPSA) is 54.8 Å². The molecule has 11 aromatic rings. The van der Waals surface area contributed by atoms with Gasteiger partial charge in [-0.15, -0.1) is 0 Å². The molecule has 2 aromatic heterocycles. The Bertz CT molecular complexity index is 3890. The van der Waals surface area contributed by atoms with Crippen LogP contribution in [0.2, 0.25) is 0 Å². The summed E-state index contributed by atoms with van der Waals surface area (Å²) in [4.78, 5) is 11.3. The van der Waals surface area contributed by atoms with E-state index in [2.05, 4.69) is 232 Å². The first-order chi connectivity index (χ1) is 33.2. The maximum absolute atomic E-state index is 6.71. The van der Waals surface area contributed by atoms with Crippen LogP contribution in [0.5, 0.6) is 0 Å². The number of benzene rings is 9.